The highest BCUT2D eigenvalue weighted by Crippen LogP contribution is 2.31. The van der Waals surface area contributed by atoms with Gasteiger partial charge in [0.2, 0.25) is 0 Å². The van der Waals surface area contributed by atoms with E-state index < -0.39 is 0 Å². The molecule has 1 unspecified atom stereocenters. The van der Waals surface area contributed by atoms with E-state index in [0.29, 0.717) is 5.92 Å². The first-order chi connectivity index (χ1) is 8.60. The minimum atomic E-state index is 0.665. The average Bonchev–Trinajstić information content (AvgIpc) is 2.41. The average molecular weight is 253 g/mol. The molecular formula is C18H37. The third kappa shape index (κ3) is 7.44. The molecule has 0 aromatic carbocycles. The Morgan fingerprint density at radius 1 is 0.556 bits per heavy atom. The summed E-state index contributed by atoms with van der Waals surface area (Å²) in [5, 5.41) is 0. The van der Waals surface area contributed by atoms with Crippen LogP contribution in [0, 0.1) is 30.6 Å². The smallest absolute Gasteiger partial charge is 0.0406 e. The summed E-state index contributed by atoms with van der Waals surface area (Å²) >= 11 is 0. The highest BCUT2D eigenvalue weighted by molar-refractivity contribution is 4.73. The van der Waals surface area contributed by atoms with Crippen LogP contribution in [0.25, 0.3) is 0 Å². The van der Waals surface area contributed by atoms with Gasteiger partial charge in [0.25, 0.3) is 0 Å². The quantitative estimate of drug-likeness (QED) is 0.394. The summed E-state index contributed by atoms with van der Waals surface area (Å²) in [6.07, 6.45) is 10.9. The van der Waals surface area contributed by atoms with Crippen molar-refractivity contribution in [3.05, 3.63) is 6.92 Å². The molecule has 0 heteroatoms. The molecule has 0 nitrogen and oxygen atoms in total. The zero-order valence-electron chi connectivity index (χ0n) is 13.7. The maximum absolute atomic E-state index is 4.31. The summed E-state index contributed by atoms with van der Waals surface area (Å²) < 4.78 is 0. The fourth-order valence-electron chi connectivity index (χ4n) is 3.11. The van der Waals surface area contributed by atoms with E-state index in [-0.39, 0.29) is 0 Å². The molecule has 0 aromatic rings. The third-order valence-corrected chi connectivity index (χ3v) is 4.89. The van der Waals surface area contributed by atoms with Crippen molar-refractivity contribution >= 4 is 0 Å². The Labute approximate surface area is 117 Å². The molecule has 18 heavy (non-hydrogen) atoms. The highest BCUT2D eigenvalue weighted by Gasteiger charge is 2.19. The molecule has 0 saturated heterocycles. The Kier molecular flexibility index (Phi) is 10.9. The maximum atomic E-state index is 4.31. The van der Waals surface area contributed by atoms with Crippen LogP contribution in [0.3, 0.4) is 0 Å². The predicted octanol–water partition coefficient (Wildman–Crippen LogP) is 6.51. The van der Waals surface area contributed by atoms with E-state index in [2.05, 4.69) is 41.5 Å². The topological polar surface area (TPSA) is 0 Å². The molecule has 0 amide bonds. The van der Waals surface area contributed by atoms with E-state index in [1.54, 1.807) is 0 Å². The van der Waals surface area contributed by atoms with Gasteiger partial charge >= 0.3 is 0 Å². The molecule has 1 atom stereocenters. The van der Waals surface area contributed by atoms with Crippen molar-refractivity contribution in [2.24, 2.45) is 23.7 Å². The molecule has 0 saturated carbocycles. The second-order valence-electron chi connectivity index (χ2n) is 6.21. The first-order valence-electron chi connectivity index (χ1n) is 8.43. The van der Waals surface area contributed by atoms with Crippen LogP contribution in [-0.4, -0.2) is 0 Å². The first-order valence-corrected chi connectivity index (χ1v) is 8.43. The fraction of sp³-hybridized carbons (Fsp3) is 0.944. The normalized spacial score (nSPS) is 13.8. The molecule has 0 heterocycles. The van der Waals surface area contributed by atoms with Crippen LogP contribution in [0.15, 0.2) is 0 Å². The van der Waals surface area contributed by atoms with Crippen LogP contribution >= 0.6 is 0 Å². The van der Waals surface area contributed by atoms with Crippen LogP contribution in [0.1, 0.15) is 86.0 Å². The molecule has 0 aliphatic heterocycles. The Morgan fingerprint density at radius 2 is 0.944 bits per heavy atom. The third-order valence-electron chi connectivity index (χ3n) is 4.89. The van der Waals surface area contributed by atoms with Gasteiger partial charge in [-0.15, -0.1) is 0 Å². The predicted molar refractivity (Wildman–Crippen MR) is 84.6 cm³/mol. The van der Waals surface area contributed by atoms with Crippen LogP contribution in [0.2, 0.25) is 0 Å². The molecule has 0 aromatic heterocycles. The van der Waals surface area contributed by atoms with Crippen molar-refractivity contribution in [1.82, 2.24) is 0 Å². The van der Waals surface area contributed by atoms with Crippen LogP contribution in [-0.2, 0) is 0 Å². The highest BCUT2D eigenvalue weighted by atomic mass is 14.2. The van der Waals surface area contributed by atoms with Crippen LogP contribution < -0.4 is 0 Å². The van der Waals surface area contributed by atoms with Crippen molar-refractivity contribution in [3.63, 3.8) is 0 Å². The Balaban J connectivity index is 4.39. The second kappa shape index (κ2) is 10.9. The van der Waals surface area contributed by atoms with Crippen LogP contribution in [0.5, 0.6) is 0 Å². The largest absolute Gasteiger partial charge is 0.0651 e. The van der Waals surface area contributed by atoms with Gasteiger partial charge in [0.15, 0.2) is 0 Å². The summed E-state index contributed by atoms with van der Waals surface area (Å²) in [7, 11) is 0. The number of hydrogen-bond acceptors (Lipinski definition) is 0. The molecule has 109 valence electrons. The molecule has 1 radical (unpaired) electrons. The summed E-state index contributed by atoms with van der Waals surface area (Å²) in [5.74, 6) is 3.46. The summed E-state index contributed by atoms with van der Waals surface area (Å²) in [6, 6.07) is 0. The Morgan fingerprint density at radius 3 is 1.22 bits per heavy atom. The van der Waals surface area contributed by atoms with Crippen molar-refractivity contribution in [3.8, 4) is 0 Å². The van der Waals surface area contributed by atoms with Gasteiger partial charge in [0.05, 0.1) is 0 Å². The van der Waals surface area contributed by atoms with Gasteiger partial charge in [0, 0.05) is 0 Å². The molecule has 0 aliphatic rings. The molecule has 0 bridgehead atoms. The van der Waals surface area contributed by atoms with E-state index in [0.717, 1.165) is 17.8 Å². The van der Waals surface area contributed by atoms with Gasteiger partial charge in [-0.25, -0.2) is 0 Å². The molecule has 0 N–H and O–H groups in total. The molecule has 0 aliphatic carbocycles. The van der Waals surface area contributed by atoms with E-state index >= 15 is 0 Å². The lowest BCUT2D eigenvalue weighted by Gasteiger charge is -2.27. The minimum absolute atomic E-state index is 0.665. The number of hydrogen-bond donors (Lipinski definition) is 0. The fourth-order valence-corrected chi connectivity index (χ4v) is 3.11. The van der Waals surface area contributed by atoms with E-state index in [4.69, 9.17) is 0 Å². The Hall–Kier alpha value is 0. The van der Waals surface area contributed by atoms with Gasteiger partial charge in [-0.05, 0) is 42.9 Å². The molecule has 0 fully saturated rings. The van der Waals surface area contributed by atoms with Crippen molar-refractivity contribution in [2.45, 2.75) is 86.0 Å². The lowest BCUT2D eigenvalue weighted by Crippen LogP contribution is -2.15. The van der Waals surface area contributed by atoms with Crippen molar-refractivity contribution < 1.29 is 0 Å². The summed E-state index contributed by atoms with van der Waals surface area (Å²) in [5.41, 5.74) is 0. The van der Waals surface area contributed by atoms with Gasteiger partial charge in [-0.2, -0.15) is 0 Å². The number of rotatable bonds is 11. The maximum Gasteiger partial charge on any atom is -0.0406 e. The van der Waals surface area contributed by atoms with Gasteiger partial charge in [-0.3, -0.25) is 0 Å². The van der Waals surface area contributed by atoms with Crippen LogP contribution in [0.4, 0.5) is 0 Å². The monoisotopic (exact) mass is 253 g/mol. The van der Waals surface area contributed by atoms with E-state index in [1.165, 1.54) is 51.4 Å². The second-order valence-corrected chi connectivity index (χ2v) is 6.21. The standard InChI is InChI=1S/C18H37/c1-7-15(6)12-18(13-16(8-2)9-3)14-17(10-4)11-5/h15-18H,6-14H2,1-5H3. The summed E-state index contributed by atoms with van der Waals surface area (Å²) in [4.78, 5) is 0. The van der Waals surface area contributed by atoms with Gasteiger partial charge in [0.1, 0.15) is 0 Å². The van der Waals surface area contributed by atoms with Crippen molar-refractivity contribution in [2.75, 3.05) is 0 Å². The zero-order valence-corrected chi connectivity index (χ0v) is 13.7. The lowest BCUT2D eigenvalue weighted by molar-refractivity contribution is 0.251. The van der Waals surface area contributed by atoms with E-state index in [9.17, 15) is 0 Å². The summed E-state index contributed by atoms with van der Waals surface area (Å²) in [6.45, 7) is 16.0. The zero-order chi connectivity index (χ0) is 14.0. The minimum Gasteiger partial charge on any atom is -0.0651 e. The first kappa shape index (κ1) is 18.0. The Bertz CT molecular complexity index is 151. The molecule has 0 rings (SSSR count). The van der Waals surface area contributed by atoms with Gasteiger partial charge in [-0.1, -0.05) is 73.6 Å². The lowest BCUT2D eigenvalue weighted by atomic mass is 9.79. The van der Waals surface area contributed by atoms with E-state index in [1.807, 2.05) is 0 Å². The van der Waals surface area contributed by atoms with Gasteiger partial charge < -0.3 is 0 Å². The molecular weight excluding hydrogens is 216 g/mol. The molecule has 0 spiro atoms. The SMILES string of the molecule is [CH2]C(CC)CC(CC(CC)CC)CC(CC)CC. The van der Waals surface area contributed by atoms with Crippen molar-refractivity contribution in [1.29, 1.82) is 0 Å².